The van der Waals surface area contributed by atoms with Crippen molar-refractivity contribution in [2.45, 2.75) is 19.3 Å². The second-order valence-electron chi connectivity index (χ2n) is 6.73. The Kier molecular flexibility index (Phi) is 4.88. The highest BCUT2D eigenvalue weighted by atomic mass is 16.2. The summed E-state index contributed by atoms with van der Waals surface area (Å²) in [6.45, 7) is 1.28. The summed E-state index contributed by atoms with van der Waals surface area (Å²) in [5.74, 6) is 0.267. The Balaban J connectivity index is 1.68. The molecule has 0 bridgehead atoms. The lowest BCUT2D eigenvalue weighted by molar-refractivity contribution is 0.0687. The van der Waals surface area contributed by atoms with Crippen LogP contribution in [-0.2, 0) is 20.5 Å². The summed E-state index contributed by atoms with van der Waals surface area (Å²) in [5.41, 5.74) is 0.424. The molecule has 1 aromatic heterocycles. The highest BCUT2D eigenvalue weighted by molar-refractivity contribution is 5.93. The zero-order chi connectivity index (χ0) is 18.0. The van der Waals surface area contributed by atoms with Crippen LogP contribution in [0, 0.1) is 5.92 Å². The van der Waals surface area contributed by atoms with Gasteiger partial charge in [0.25, 0.3) is 11.5 Å². The van der Waals surface area contributed by atoms with Gasteiger partial charge in [0.15, 0.2) is 0 Å². The summed E-state index contributed by atoms with van der Waals surface area (Å²) in [7, 11) is 2.94. The molecule has 132 valence electrons. The van der Waals surface area contributed by atoms with E-state index in [1.807, 2.05) is 18.2 Å². The van der Waals surface area contributed by atoms with Crippen molar-refractivity contribution in [3.63, 3.8) is 0 Å². The number of benzene rings is 1. The third kappa shape index (κ3) is 3.57. The van der Waals surface area contributed by atoms with Crippen molar-refractivity contribution in [3.05, 3.63) is 68.5 Å². The number of aryl methyl sites for hydroxylation is 1. The number of aromatic nitrogens is 2. The average Bonchev–Trinajstić information content (AvgIpc) is 2.64. The van der Waals surface area contributed by atoms with Crippen LogP contribution in [-0.4, -0.2) is 33.0 Å². The number of hydrogen-bond donors (Lipinski definition) is 0. The first-order valence-corrected chi connectivity index (χ1v) is 8.57. The molecule has 0 N–H and O–H groups in total. The minimum Gasteiger partial charge on any atom is -0.338 e. The smallest absolute Gasteiger partial charge is 0.330 e. The molecule has 1 saturated heterocycles. The van der Waals surface area contributed by atoms with Gasteiger partial charge in [-0.05, 0) is 30.7 Å². The van der Waals surface area contributed by atoms with Crippen LogP contribution >= 0.6 is 0 Å². The molecule has 25 heavy (non-hydrogen) atoms. The van der Waals surface area contributed by atoms with Crippen LogP contribution in [0.5, 0.6) is 0 Å². The maximum Gasteiger partial charge on any atom is 0.330 e. The topological polar surface area (TPSA) is 64.3 Å². The number of rotatable bonds is 3. The van der Waals surface area contributed by atoms with Gasteiger partial charge >= 0.3 is 5.69 Å². The molecule has 1 aliphatic heterocycles. The Labute approximate surface area is 146 Å². The largest absolute Gasteiger partial charge is 0.338 e. The zero-order valence-corrected chi connectivity index (χ0v) is 14.6. The van der Waals surface area contributed by atoms with Gasteiger partial charge in [0, 0.05) is 33.4 Å². The molecule has 0 atom stereocenters. The summed E-state index contributed by atoms with van der Waals surface area (Å²) in [5, 5.41) is 0. The van der Waals surface area contributed by atoms with Gasteiger partial charge < -0.3 is 9.47 Å². The van der Waals surface area contributed by atoms with Crippen molar-refractivity contribution in [2.75, 3.05) is 13.1 Å². The van der Waals surface area contributed by atoms with E-state index >= 15 is 0 Å². The molecule has 1 amide bonds. The van der Waals surface area contributed by atoms with Gasteiger partial charge in [0.2, 0.25) is 0 Å². The number of amides is 1. The van der Waals surface area contributed by atoms with Crippen molar-refractivity contribution in [2.24, 2.45) is 20.0 Å². The van der Waals surface area contributed by atoms with Gasteiger partial charge in [0.05, 0.1) is 0 Å². The lowest BCUT2D eigenvalue weighted by atomic mass is 9.90. The standard InChI is InChI=1S/C19H23N3O3/c1-20-13-16(17(23)21(2)19(20)25)18(24)22-10-8-15(9-11-22)12-14-6-4-3-5-7-14/h3-7,13,15H,8-12H2,1-2H3. The van der Waals surface area contributed by atoms with Crippen molar-refractivity contribution < 1.29 is 4.79 Å². The van der Waals surface area contributed by atoms with E-state index in [9.17, 15) is 14.4 Å². The van der Waals surface area contributed by atoms with Crippen LogP contribution in [0.3, 0.4) is 0 Å². The highest BCUT2D eigenvalue weighted by Crippen LogP contribution is 2.22. The third-order valence-corrected chi connectivity index (χ3v) is 4.95. The van der Waals surface area contributed by atoms with E-state index in [0.717, 1.165) is 23.8 Å². The molecule has 0 spiro atoms. The van der Waals surface area contributed by atoms with Crippen LogP contribution in [0.1, 0.15) is 28.8 Å². The zero-order valence-electron chi connectivity index (χ0n) is 14.6. The first kappa shape index (κ1) is 17.2. The van der Waals surface area contributed by atoms with E-state index in [-0.39, 0.29) is 11.5 Å². The van der Waals surface area contributed by atoms with Gasteiger partial charge in [-0.15, -0.1) is 0 Å². The molecule has 2 heterocycles. The van der Waals surface area contributed by atoms with Crippen molar-refractivity contribution in [1.29, 1.82) is 0 Å². The van der Waals surface area contributed by atoms with Crippen molar-refractivity contribution in [1.82, 2.24) is 14.0 Å². The number of nitrogens with zero attached hydrogens (tertiary/aromatic N) is 3. The number of carbonyl (C=O) groups excluding carboxylic acids is 1. The molecule has 1 fully saturated rings. The molecule has 6 heteroatoms. The van der Waals surface area contributed by atoms with Gasteiger partial charge in [-0.2, -0.15) is 0 Å². The fraction of sp³-hybridized carbons (Fsp3) is 0.421. The molecule has 0 radical (unpaired) electrons. The first-order chi connectivity index (χ1) is 12.0. The number of hydrogen-bond acceptors (Lipinski definition) is 3. The lowest BCUT2D eigenvalue weighted by Crippen LogP contribution is -2.45. The fourth-order valence-corrected chi connectivity index (χ4v) is 3.41. The van der Waals surface area contributed by atoms with Crippen molar-refractivity contribution in [3.8, 4) is 0 Å². The van der Waals surface area contributed by atoms with E-state index in [1.54, 1.807) is 11.9 Å². The monoisotopic (exact) mass is 341 g/mol. The minimum atomic E-state index is -0.528. The predicted molar refractivity (Wildman–Crippen MR) is 95.7 cm³/mol. The Morgan fingerprint density at radius 3 is 2.36 bits per heavy atom. The number of carbonyl (C=O) groups is 1. The van der Waals surface area contributed by atoms with Gasteiger partial charge in [-0.25, -0.2) is 4.79 Å². The normalized spacial score (nSPS) is 15.4. The molecule has 0 unspecified atom stereocenters. The summed E-state index contributed by atoms with van der Waals surface area (Å²) < 4.78 is 2.26. The lowest BCUT2D eigenvalue weighted by Gasteiger charge is -2.32. The summed E-state index contributed by atoms with van der Waals surface area (Å²) in [6.07, 6.45) is 4.22. The Morgan fingerprint density at radius 2 is 1.72 bits per heavy atom. The van der Waals surface area contributed by atoms with Gasteiger partial charge in [0.1, 0.15) is 5.56 Å². The number of piperidine rings is 1. The molecule has 6 nitrogen and oxygen atoms in total. The molecule has 1 aliphatic rings. The summed E-state index contributed by atoms with van der Waals surface area (Å²) in [4.78, 5) is 38.4. The summed E-state index contributed by atoms with van der Waals surface area (Å²) >= 11 is 0. The molecular weight excluding hydrogens is 318 g/mol. The fourth-order valence-electron chi connectivity index (χ4n) is 3.41. The summed E-state index contributed by atoms with van der Waals surface area (Å²) in [6, 6.07) is 10.4. The van der Waals surface area contributed by atoms with Crippen LogP contribution < -0.4 is 11.2 Å². The Morgan fingerprint density at radius 1 is 1.08 bits per heavy atom. The molecule has 0 aliphatic carbocycles. The van der Waals surface area contributed by atoms with E-state index in [4.69, 9.17) is 0 Å². The highest BCUT2D eigenvalue weighted by Gasteiger charge is 2.26. The predicted octanol–water partition coefficient (Wildman–Crippen LogP) is 1.18. The van der Waals surface area contributed by atoms with Crippen LogP contribution in [0.4, 0.5) is 0 Å². The van der Waals surface area contributed by atoms with E-state index in [2.05, 4.69) is 12.1 Å². The quantitative estimate of drug-likeness (QED) is 0.842. The van der Waals surface area contributed by atoms with Gasteiger partial charge in [-0.1, -0.05) is 30.3 Å². The maximum atomic E-state index is 12.7. The average molecular weight is 341 g/mol. The molecule has 2 aromatic rings. The molecule has 3 rings (SSSR count). The van der Waals surface area contributed by atoms with E-state index < -0.39 is 11.2 Å². The first-order valence-electron chi connectivity index (χ1n) is 8.57. The van der Waals surface area contributed by atoms with Crippen LogP contribution in [0.2, 0.25) is 0 Å². The second kappa shape index (κ2) is 7.09. The van der Waals surface area contributed by atoms with Crippen LogP contribution in [0.15, 0.2) is 46.1 Å². The second-order valence-corrected chi connectivity index (χ2v) is 6.73. The van der Waals surface area contributed by atoms with Gasteiger partial charge in [-0.3, -0.25) is 14.2 Å². The maximum absolute atomic E-state index is 12.7. The molecule has 1 aromatic carbocycles. The third-order valence-electron chi connectivity index (χ3n) is 4.95. The van der Waals surface area contributed by atoms with Crippen LogP contribution in [0.25, 0.3) is 0 Å². The molecule has 0 saturated carbocycles. The molecular formula is C19H23N3O3. The Hall–Kier alpha value is -2.63. The minimum absolute atomic E-state index is 0.0612. The Bertz CT molecular complexity index is 875. The van der Waals surface area contributed by atoms with E-state index in [0.29, 0.717) is 19.0 Å². The number of likely N-dealkylation sites (tertiary alicyclic amines) is 1. The van der Waals surface area contributed by atoms with Crippen molar-refractivity contribution >= 4 is 5.91 Å². The SMILES string of the molecule is Cn1cc(C(=O)N2CCC(Cc3ccccc3)CC2)c(=O)n(C)c1=O. The van der Waals surface area contributed by atoms with E-state index in [1.165, 1.54) is 23.4 Å².